The number of aryl methyl sites for hydroxylation is 1. The molecule has 3 rings (SSSR count). The number of thioether (sulfide) groups is 1. The SMILES string of the molecule is O=C(CCSc1ccccc1F)NCC1(O)CCCc2ccccc21. The van der Waals surface area contributed by atoms with Crippen LogP contribution in [0.2, 0.25) is 0 Å². The Kier molecular flexibility index (Phi) is 5.76. The number of carbonyl (C=O) groups is 1. The van der Waals surface area contributed by atoms with Crippen LogP contribution in [-0.4, -0.2) is 23.3 Å². The quantitative estimate of drug-likeness (QED) is 0.774. The molecule has 0 aromatic heterocycles. The summed E-state index contributed by atoms with van der Waals surface area (Å²) in [4.78, 5) is 12.6. The van der Waals surface area contributed by atoms with E-state index in [9.17, 15) is 14.3 Å². The van der Waals surface area contributed by atoms with E-state index in [2.05, 4.69) is 5.32 Å². The number of fused-ring (bicyclic) bond motifs is 1. The van der Waals surface area contributed by atoms with Crippen LogP contribution in [-0.2, 0) is 16.8 Å². The predicted octanol–water partition coefficient (Wildman–Crippen LogP) is 3.65. The summed E-state index contributed by atoms with van der Waals surface area (Å²) in [7, 11) is 0. The molecule has 0 bridgehead atoms. The zero-order valence-electron chi connectivity index (χ0n) is 14.0. The minimum atomic E-state index is -0.997. The number of carbonyl (C=O) groups excluding carboxylic acids is 1. The van der Waals surface area contributed by atoms with Crippen LogP contribution in [0.4, 0.5) is 4.39 Å². The second-order valence-corrected chi connectivity index (χ2v) is 7.48. The number of benzene rings is 2. The summed E-state index contributed by atoms with van der Waals surface area (Å²) >= 11 is 1.33. The molecule has 2 N–H and O–H groups in total. The van der Waals surface area contributed by atoms with Gasteiger partial charge >= 0.3 is 0 Å². The van der Waals surface area contributed by atoms with Gasteiger partial charge in [-0.2, -0.15) is 0 Å². The maximum atomic E-state index is 13.5. The Hall–Kier alpha value is -1.85. The second kappa shape index (κ2) is 8.02. The van der Waals surface area contributed by atoms with Crippen LogP contribution in [0.15, 0.2) is 53.4 Å². The fraction of sp³-hybridized carbons (Fsp3) is 0.350. The number of amides is 1. The van der Waals surface area contributed by atoms with E-state index in [-0.39, 0.29) is 24.7 Å². The monoisotopic (exact) mass is 359 g/mol. The average Bonchev–Trinajstić information content (AvgIpc) is 2.62. The van der Waals surface area contributed by atoms with Crippen molar-refractivity contribution >= 4 is 17.7 Å². The topological polar surface area (TPSA) is 49.3 Å². The standard InChI is InChI=1S/C20H22FNO2S/c21-17-9-3-4-10-18(17)25-13-11-19(23)22-14-20(24)12-5-7-15-6-1-2-8-16(15)20/h1-4,6,8-10,24H,5,7,11-14H2,(H,22,23). The van der Waals surface area contributed by atoms with Crippen molar-refractivity contribution in [2.45, 2.75) is 36.2 Å². The number of halogens is 1. The van der Waals surface area contributed by atoms with Crippen molar-refractivity contribution in [2.24, 2.45) is 0 Å². The van der Waals surface area contributed by atoms with Gasteiger partial charge in [0.1, 0.15) is 11.4 Å². The molecular formula is C20H22FNO2S. The van der Waals surface area contributed by atoms with Gasteiger partial charge in [0.25, 0.3) is 0 Å². The molecule has 2 aromatic rings. The van der Waals surface area contributed by atoms with Gasteiger partial charge < -0.3 is 10.4 Å². The molecule has 1 aliphatic carbocycles. The molecule has 0 heterocycles. The first kappa shape index (κ1) is 18.0. The first-order valence-corrected chi connectivity index (χ1v) is 9.52. The van der Waals surface area contributed by atoms with Crippen LogP contribution < -0.4 is 5.32 Å². The molecular weight excluding hydrogens is 337 g/mol. The number of hydrogen-bond donors (Lipinski definition) is 2. The van der Waals surface area contributed by atoms with Crippen LogP contribution in [0, 0.1) is 5.82 Å². The fourth-order valence-corrected chi connectivity index (χ4v) is 4.12. The van der Waals surface area contributed by atoms with Gasteiger partial charge in [-0.15, -0.1) is 11.8 Å². The van der Waals surface area contributed by atoms with E-state index in [4.69, 9.17) is 0 Å². The Balaban J connectivity index is 1.50. The third-order valence-corrected chi connectivity index (χ3v) is 5.61. The molecule has 132 valence electrons. The summed E-state index contributed by atoms with van der Waals surface area (Å²) in [5, 5.41) is 13.8. The van der Waals surface area contributed by atoms with Crippen molar-refractivity contribution < 1.29 is 14.3 Å². The molecule has 2 aromatic carbocycles. The van der Waals surface area contributed by atoms with Gasteiger partial charge in [-0.3, -0.25) is 4.79 Å². The highest BCUT2D eigenvalue weighted by Crippen LogP contribution is 2.34. The fourth-order valence-electron chi connectivity index (χ4n) is 3.23. The molecule has 0 saturated carbocycles. The number of hydrogen-bond acceptors (Lipinski definition) is 3. The van der Waals surface area contributed by atoms with Crippen molar-refractivity contribution in [1.82, 2.24) is 5.32 Å². The first-order valence-electron chi connectivity index (χ1n) is 8.53. The van der Waals surface area contributed by atoms with E-state index in [1.807, 2.05) is 24.3 Å². The smallest absolute Gasteiger partial charge is 0.220 e. The molecule has 1 amide bonds. The minimum absolute atomic E-state index is 0.125. The summed E-state index contributed by atoms with van der Waals surface area (Å²) in [6.45, 7) is 0.215. The third kappa shape index (κ3) is 4.41. The summed E-state index contributed by atoms with van der Waals surface area (Å²) in [6.07, 6.45) is 2.81. The van der Waals surface area contributed by atoms with Gasteiger partial charge in [0.2, 0.25) is 5.91 Å². The molecule has 1 aliphatic rings. The Morgan fingerprint density at radius 3 is 2.80 bits per heavy atom. The molecule has 1 unspecified atom stereocenters. The second-order valence-electron chi connectivity index (χ2n) is 6.35. The first-order chi connectivity index (χ1) is 12.1. The van der Waals surface area contributed by atoms with E-state index in [1.165, 1.54) is 17.8 Å². The third-order valence-electron chi connectivity index (χ3n) is 4.56. The number of rotatable bonds is 6. The summed E-state index contributed by atoms with van der Waals surface area (Å²) in [6, 6.07) is 14.4. The summed E-state index contributed by atoms with van der Waals surface area (Å²) in [5.74, 6) is 0.114. The molecule has 0 spiro atoms. The van der Waals surface area contributed by atoms with Crippen molar-refractivity contribution in [1.29, 1.82) is 0 Å². The molecule has 1 atom stereocenters. The van der Waals surface area contributed by atoms with E-state index >= 15 is 0 Å². The van der Waals surface area contributed by atoms with Gasteiger partial charge in [0, 0.05) is 17.1 Å². The zero-order chi connectivity index (χ0) is 17.7. The average molecular weight is 359 g/mol. The molecule has 0 aliphatic heterocycles. The van der Waals surface area contributed by atoms with Crippen LogP contribution in [0.3, 0.4) is 0 Å². The molecule has 0 saturated heterocycles. The van der Waals surface area contributed by atoms with Crippen molar-refractivity contribution in [2.75, 3.05) is 12.3 Å². The highest BCUT2D eigenvalue weighted by Gasteiger charge is 2.34. The van der Waals surface area contributed by atoms with Gasteiger partial charge in [-0.1, -0.05) is 36.4 Å². The van der Waals surface area contributed by atoms with Gasteiger partial charge in [-0.05, 0) is 42.5 Å². The van der Waals surface area contributed by atoms with Crippen LogP contribution in [0.25, 0.3) is 0 Å². The van der Waals surface area contributed by atoms with Crippen molar-refractivity contribution in [3.8, 4) is 0 Å². The van der Waals surface area contributed by atoms with Gasteiger partial charge in [0.15, 0.2) is 0 Å². The van der Waals surface area contributed by atoms with Crippen LogP contribution in [0.5, 0.6) is 0 Å². The van der Waals surface area contributed by atoms with Crippen molar-refractivity contribution in [3.63, 3.8) is 0 Å². The van der Waals surface area contributed by atoms with E-state index in [1.54, 1.807) is 18.2 Å². The Labute approximate surface area is 151 Å². The maximum Gasteiger partial charge on any atom is 0.220 e. The lowest BCUT2D eigenvalue weighted by Gasteiger charge is -2.34. The lowest BCUT2D eigenvalue weighted by atomic mass is 9.79. The zero-order valence-corrected chi connectivity index (χ0v) is 14.8. The Bertz CT molecular complexity index is 752. The van der Waals surface area contributed by atoms with Gasteiger partial charge in [-0.25, -0.2) is 4.39 Å². The highest BCUT2D eigenvalue weighted by molar-refractivity contribution is 7.99. The number of nitrogens with one attached hydrogen (secondary N) is 1. The van der Waals surface area contributed by atoms with Crippen LogP contribution >= 0.6 is 11.8 Å². The molecule has 0 fully saturated rings. The predicted molar refractivity (Wildman–Crippen MR) is 98.0 cm³/mol. The highest BCUT2D eigenvalue weighted by atomic mass is 32.2. The van der Waals surface area contributed by atoms with Crippen LogP contribution in [0.1, 0.15) is 30.4 Å². The summed E-state index contributed by atoms with van der Waals surface area (Å²) < 4.78 is 13.5. The largest absolute Gasteiger partial charge is 0.383 e. The lowest BCUT2D eigenvalue weighted by Crippen LogP contribution is -2.43. The minimum Gasteiger partial charge on any atom is -0.383 e. The molecule has 5 heteroatoms. The Morgan fingerprint density at radius 2 is 1.96 bits per heavy atom. The molecule has 0 radical (unpaired) electrons. The van der Waals surface area contributed by atoms with E-state index in [0.29, 0.717) is 17.1 Å². The molecule has 3 nitrogen and oxygen atoms in total. The molecule has 25 heavy (non-hydrogen) atoms. The maximum absolute atomic E-state index is 13.5. The van der Waals surface area contributed by atoms with Crippen molar-refractivity contribution in [3.05, 3.63) is 65.5 Å². The Morgan fingerprint density at radius 1 is 1.20 bits per heavy atom. The number of aliphatic hydroxyl groups is 1. The normalized spacial score (nSPS) is 19.3. The summed E-state index contributed by atoms with van der Waals surface area (Å²) in [5.41, 5.74) is 1.08. The van der Waals surface area contributed by atoms with E-state index in [0.717, 1.165) is 24.0 Å². The van der Waals surface area contributed by atoms with Gasteiger partial charge in [0.05, 0.1) is 6.54 Å². The van der Waals surface area contributed by atoms with E-state index < -0.39 is 5.60 Å². The lowest BCUT2D eigenvalue weighted by molar-refractivity contribution is -0.122.